The highest BCUT2D eigenvalue weighted by Crippen LogP contribution is 2.41. The normalized spacial score (nSPS) is 11.9. The Labute approximate surface area is 277 Å². The smallest absolute Gasteiger partial charge is 0.106 e. The lowest BCUT2D eigenvalue weighted by molar-refractivity contribution is 1.47. The molecule has 0 radical (unpaired) electrons. The minimum atomic E-state index is -2.95. The maximum Gasteiger partial charge on any atom is 0.140 e. The first-order valence-electron chi connectivity index (χ1n) is 15.9. The van der Waals surface area contributed by atoms with Gasteiger partial charge in [0.25, 0.3) is 0 Å². The van der Waals surface area contributed by atoms with E-state index < -0.39 is 24.2 Å². The molecule has 0 saturated carbocycles. The molecule has 0 spiro atoms. The van der Waals surface area contributed by atoms with Gasteiger partial charge < -0.3 is 0 Å². The van der Waals surface area contributed by atoms with Crippen molar-refractivity contribution in [3.05, 3.63) is 219 Å². The fraction of sp³-hybridized carbons (Fsp3) is 0.0233. The molecule has 0 unspecified atom stereocenters. The number of hydrogen-bond donors (Lipinski definition) is 0. The first-order chi connectivity index (χ1) is 22.7. The quantitative estimate of drug-likeness (QED) is 0.136. The summed E-state index contributed by atoms with van der Waals surface area (Å²) in [6.07, 6.45) is 0. The second-order valence-electron chi connectivity index (χ2n) is 11.8. The molecule has 0 aliphatic carbocycles. The van der Waals surface area contributed by atoms with Gasteiger partial charge in [-0.05, 0) is 4.79 Å². The Hall–Kier alpha value is -4.81. The Morgan fingerprint density at radius 1 is 0.283 bits per heavy atom. The van der Waals surface area contributed by atoms with Crippen LogP contribution < -0.4 is 31.1 Å². The number of benzene rings is 6. The van der Waals surface area contributed by atoms with Crippen LogP contribution in [0, 0.1) is 0 Å². The largest absolute Gasteiger partial charge is 0.140 e. The van der Waals surface area contributed by atoms with Gasteiger partial charge in [-0.3, -0.25) is 0 Å². The van der Waals surface area contributed by atoms with Gasteiger partial charge in [0, 0.05) is 0 Å². The zero-order valence-electron chi connectivity index (χ0n) is 26.3. The number of hydrogen-bond acceptors (Lipinski definition) is 0. The van der Waals surface area contributed by atoms with Crippen molar-refractivity contribution in [2.75, 3.05) is 0 Å². The standard InChI is InChI=1S/C43H40Si3/c1-4-44(37-25-13-7-14-26-37,38-27-15-8-16-28-38)43(45(5-2,39-29-17-9-18-30-39)40-31-19-10-20-32-40)46(6-3,41-33-21-11-22-34-41)42-35-23-12-24-36-42/h4-36,43H,1-3H2. The molecule has 0 aliphatic heterocycles. The van der Waals surface area contributed by atoms with E-state index in [1.165, 1.54) is 31.1 Å². The molecule has 0 heterocycles. The molecule has 0 N–H and O–H groups in total. The monoisotopic (exact) mass is 640 g/mol. The fourth-order valence-electron chi connectivity index (χ4n) is 7.92. The molecular weight excluding hydrogens is 601 g/mol. The van der Waals surface area contributed by atoms with Crippen LogP contribution in [-0.2, 0) is 0 Å². The van der Waals surface area contributed by atoms with Crippen molar-refractivity contribution < 1.29 is 0 Å². The Bertz CT molecular complexity index is 1530. The van der Waals surface area contributed by atoms with Gasteiger partial charge >= 0.3 is 0 Å². The maximum atomic E-state index is 4.81. The molecule has 6 aromatic carbocycles. The first-order valence-corrected chi connectivity index (χ1v) is 22.4. The van der Waals surface area contributed by atoms with E-state index in [-0.39, 0.29) is 4.79 Å². The summed E-state index contributed by atoms with van der Waals surface area (Å²) in [5.74, 6) is 0. The maximum absolute atomic E-state index is 4.81. The highest BCUT2D eigenvalue weighted by Gasteiger charge is 2.64. The molecule has 0 nitrogen and oxygen atoms in total. The van der Waals surface area contributed by atoms with Gasteiger partial charge in [0.1, 0.15) is 24.2 Å². The van der Waals surface area contributed by atoms with E-state index in [1.54, 1.807) is 0 Å². The van der Waals surface area contributed by atoms with Gasteiger partial charge in [0.2, 0.25) is 0 Å². The van der Waals surface area contributed by atoms with Crippen LogP contribution in [0.5, 0.6) is 0 Å². The Kier molecular flexibility index (Phi) is 9.27. The average molecular weight is 641 g/mol. The van der Waals surface area contributed by atoms with Gasteiger partial charge in [-0.15, -0.1) is 19.7 Å². The summed E-state index contributed by atoms with van der Waals surface area (Å²) < 4.78 is 0. The molecule has 0 bridgehead atoms. The van der Waals surface area contributed by atoms with Crippen molar-refractivity contribution in [3.8, 4) is 0 Å². The number of rotatable bonds is 12. The van der Waals surface area contributed by atoms with Crippen LogP contribution in [0.25, 0.3) is 0 Å². The molecule has 3 heteroatoms. The lowest BCUT2D eigenvalue weighted by atomic mass is 10.4. The second-order valence-corrected chi connectivity index (χ2v) is 25.2. The summed E-state index contributed by atoms with van der Waals surface area (Å²) >= 11 is 0. The molecule has 0 amide bonds. The van der Waals surface area contributed by atoms with Crippen molar-refractivity contribution in [3.63, 3.8) is 0 Å². The van der Waals surface area contributed by atoms with Crippen molar-refractivity contribution in [1.29, 1.82) is 0 Å². The highest BCUT2D eigenvalue weighted by molar-refractivity contribution is 7.36. The van der Waals surface area contributed by atoms with E-state index in [4.69, 9.17) is 19.7 Å². The van der Waals surface area contributed by atoms with Gasteiger partial charge in [0.05, 0.1) is 0 Å². The Morgan fingerprint density at radius 2 is 0.435 bits per heavy atom. The van der Waals surface area contributed by atoms with Crippen molar-refractivity contribution in [2.45, 2.75) is 4.79 Å². The van der Waals surface area contributed by atoms with Crippen LogP contribution in [-0.4, -0.2) is 24.2 Å². The summed E-state index contributed by atoms with van der Waals surface area (Å²) in [6.45, 7) is 14.4. The van der Waals surface area contributed by atoms with E-state index in [9.17, 15) is 0 Å². The van der Waals surface area contributed by atoms with E-state index in [0.717, 1.165) is 0 Å². The van der Waals surface area contributed by atoms with Crippen LogP contribution in [0.4, 0.5) is 0 Å². The predicted octanol–water partition coefficient (Wildman–Crippen LogP) is 6.40. The summed E-state index contributed by atoms with van der Waals surface area (Å²) in [5.41, 5.74) is 7.16. The lowest BCUT2D eigenvalue weighted by Gasteiger charge is -2.55. The van der Waals surface area contributed by atoms with Gasteiger partial charge in [-0.1, -0.05) is 230 Å². The minimum absolute atomic E-state index is 0.124. The predicted molar refractivity (Wildman–Crippen MR) is 208 cm³/mol. The highest BCUT2D eigenvalue weighted by atomic mass is 28.5. The summed E-state index contributed by atoms with van der Waals surface area (Å²) in [7, 11) is -8.85. The lowest BCUT2D eigenvalue weighted by Crippen LogP contribution is -2.83. The molecule has 0 fully saturated rings. The Balaban J connectivity index is 1.93. The van der Waals surface area contributed by atoms with Crippen LogP contribution in [0.2, 0.25) is 4.79 Å². The topological polar surface area (TPSA) is 0 Å². The molecule has 6 rings (SSSR count). The molecule has 6 aromatic rings. The third-order valence-corrected chi connectivity index (χ3v) is 30.4. The Morgan fingerprint density at radius 3 is 0.565 bits per heavy atom. The van der Waals surface area contributed by atoms with Crippen LogP contribution >= 0.6 is 0 Å². The minimum Gasteiger partial charge on any atom is -0.106 e. The van der Waals surface area contributed by atoms with Gasteiger partial charge in [0.15, 0.2) is 0 Å². The van der Waals surface area contributed by atoms with E-state index in [0.29, 0.717) is 0 Å². The SMILES string of the molecule is C=C[Si](c1ccccc1)(c1ccccc1)C([Si](C=C)(c1ccccc1)c1ccccc1)[Si](C=C)(c1ccccc1)c1ccccc1. The zero-order valence-corrected chi connectivity index (χ0v) is 29.3. The second kappa shape index (κ2) is 13.7. The van der Waals surface area contributed by atoms with Gasteiger partial charge in [-0.2, -0.15) is 0 Å². The van der Waals surface area contributed by atoms with E-state index in [1.807, 2.05) is 0 Å². The zero-order chi connectivity index (χ0) is 31.9. The van der Waals surface area contributed by atoms with E-state index in [2.05, 4.69) is 199 Å². The molecule has 0 aliphatic rings. The van der Waals surface area contributed by atoms with E-state index >= 15 is 0 Å². The molecule has 0 saturated heterocycles. The molecule has 224 valence electrons. The van der Waals surface area contributed by atoms with Gasteiger partial charge in [-0.25, -0.2) is 0 Å². The van der Waals surface area contributed by atoms with Crippen molar-refractivity contribution in [2.24, 2.45) is 0 Å². The average Bonchev–Trinajstić information content (AvgIpc) is 3.16. The third-order valence-electron chi connectivity index (χ3n) is 9.84. The van der Waals surface area contributed by atoms with Crippen LogP contribution in [0.1, 0.15) is 0 Å². The molecule has 46 heavy (non-hydrogen) atoms. The first kappa shape index (κ1) is 31.2. The molecular formula is C43H40Si3. The van der Waals surface area contributed by atoms with Crippen molar-refractivity contribution >= 4 is 55.3 Å². The third kappa shape index (κ3) is 5.07. The fourth-order valence-corrected chi connectivity index (χ4v) is 34.2. The van der Waals surface area contributed by atoms with Crippen LogP contribution in [0.3, 0.4) is 0 Å². The molecule has 0 aromatic heterocycles. The summed E-state index contributed by atoms with van der Waals surface area (Å²) in [5, 5.41) is 8.15. The summed E-state index contributed by atoms with van der Waals surface area (Å²) in [6, 6.07) is 67.4. The van der Waals surface area contributed by atoms with Crippen LogP contribution in [0.15, 0.2) is 219 Å². The summed E-state index contributed by atoms with van der Waals surface area (Å²) in [4.78, 5) is 0.124. The van der Waals surface area contributed by atoms with Crippen molar-refractivity contribution in [1.82, 2.24) is 0 Å². The molecule has 0 atom stereocenters.